The first kappa shape index (κ1) is 15.7. The van der Waals surface area contributed by atoms with Crippen molar-refractivity contribution in [1.82, 2.24) is 10.3 Å². The summed E-state index contributed by atoms with van der Waals surface area (Å²) in [6, 6.07) is 1.93. The van der Waals surface area contributed by atoms with Crippen molar-refractivity contribution in [3.05, 3.63) is 10.9 Å². The SMILES string of the molecule is CC(C)(O)CCNC(=O)c1cc2sc(N3CCCC3)nc2s1. The average molecular weight is 339 g/mol. The second kappa shape index (κ2) is 6.14. The number of nitrogens with zero attached hydrogens (tertiary/aromatic N) is 2. The smallest absolute Gasteiger partial charge is 0.261 e. The number of aliphatic hydroxyl groups is 1. The van der Waals surface area contributed by atoms with Gasteiger partial charge < -0.3 is 15.3 Å². The van der Waals surface area contributed by atoms with Crippen LogP contribution in [-0.2, 0) is 0 Å². The van der Waals surface area contributed by atoms with Gasteiger partial charge in [0.05, 0.1) is 15.2 Å². The van der Waals surface area contributed by atoms with Crippen molar-refractivity contribution in [3.63, 3.8) is 0 Å². The van der Waals surface area contributed by atoms with E-state index in [1.165, 1.54) is 24.2 Å². The van der Waals surface area contributed by atoms with Crippen molar-refractivity contribution in [2.45, 2.75) is 38.7 Å². The van der Waals surface area contributed by atoms with Gasteiger partial charge in [0, 0.05) is 19.6 Å². The van der Waals surface area contributed by atoms with E-state index in [1.807, 2.05) is 6.07 Å². The third-order valence-electron chi connectivity index (χ3n) is 3.70. The molecule has 0 radical (unpaired) electrons. The van der Waals surface area contributed by atoms with Gasteiger partial charge >= 0.3 is 0 Å². The number of nitrogens with one attached hydrogen (secondary N) is 1. The molecular weight excluding hydrogens is 318 g/mol. The molecule has 0 saturated carbocycles. The van der Waals surface area contributed by atoms with Gasteiger partial charge in [-0.25, -0.2) is 4.98 Å². The summed E-state index contributed by atoms with van der Waals surface area (Å²) in [4.78, 5) is 20.7. The van der Waals surface area contributed by atoms with Gasteiger partial charge in [-0.1, -0.05) is 11.3 Å². The monoisotopic (exact) mass is 339 g/mol. The molecule has 0 unspecified atom stereocenters. The molecule has 0 aromatic carbocycles. The molecule has 1 amide bonds. The summed E-state index contributed by atoms with van der Waals surface area (Å²) in [5.74, 6) is -0.0813. The Morgan fingerprint density at radius 1 is 1.41 bits per heavy atom. The van der Waals surface area contributed by atoms with Gasteiger partial charge in [0.15, 0.2) is 5.13 Å². The highest BCUT2D eigenvalue weighted by molar-refractivity contribution is 7.29. The summed E-state index contributed by atoms with van der Waals surface area (Å²) in [7, 11) is 0. The maximum absolute atomic E-state index is 12.1. The first-order chi connectivity index (χ1) is 10.4. The summed E-state index contributed by atoms with van der Waals surface area (Å²) in [5, 5.41) is 13.6. The quantitative estimate of drug-likeness (QED) is 0.879. The molecule has 3 rings (SSSR count). The summed E-state index contributed by atoms with van der Waals surface area (Å²) >= 11 is 3.11. The van der Waals surface area contributed by atoms with Crippen molar-refractivity contribution in [2.24, 2.45) is 0 Å². The number of thiophene rings is 1. The number of thiazole rings is 1. The van der Waals surface area contributed by atoms with Crippen molar-refractivity contribution in [3.8, 4) is 0 Å². The lowest BCUT2D eigenvalue weighted by Crippen LogP contribution is -2.30. The molecule has 5 nitrogen and oxygen atoms in total. The molecular formula is C15H21N3O2S2. The van der Waals surface area contributed by atoms with Gasteiger partial charge in [-0.2, -0.15) is 0 Å². The minimum atomic E-state index is -0.755. The summed E-state index contributed by atoms with van der Waals surface area (Å²) in [6.45, 7) is 6.13. The molecule has 2 aromatic rings. The normalized spacial score (nSPS) is 15.7. The number of carbonyl (C=O) groups is 1. The van der Waals surface area contributed by atoms with Crippen LogP contribution in [0.15, 0.2) is 6.07 Å². The Balaban J connectivity index is 1.64. The lowest BCUT2D eigenvalue weighted by Gasteiger charge is -2.16. The van der Waals surface area contributed by atoms with Crippen LogP contribution in [-0.4, -0.2) is 41.2 Å². The Bertz CT molecular complexity index is 634. The van der Waals surface area contributed by atoms with E-state index in [9.17, 15) is 9.90 Å². The topological polar surface area (TPSA) is 65.5 Å². The highest BCUT2D eigenvalue weighted by atomic mass is 32.1. The Hall–Kier alpha value is -1.18. The summed E-state index contributed by atoms with van der Waals surface area (Å²) in [6.07, 6.45) is 3.01. The van der Waals surface area contributed by atoms with Crippen molar-refractivity contribution in [2.75, 3.05) is 24.5 Å². The molecule has 1 aliphatic heterocycles. The second-order valence-corrected chi connectivity index (χ2v) is 8.33. The van der Waals surface area contributed by atoms with Crippen LogP contribution in [0.3, 0.4) is 0 Å². The van der Waals surface area contributed by atoms with Crippen LogP contribution in [0.5, 0.6) is 0 Å². The van der Waals surface area contributed by atoms with Gasteiger partial charge in [-0.3, -0.25) is 4.79 Å². The van der Waals surface area contributed by atoms with Crippen LogP contribution in [0, 0.1) is 0 Å². The van der Waals surface area contributed by atoms with Gasteiger partial charge in [-0.05, 0) is 39.2 Å². The number of anilines is 1. The van der Waals surface area contributed by atoms with Crippen LogP contribution >= 0.6 is 22.7 Å². The molecule has 22 heavy (non-hydrogen) atoms. The van der Waals surface area contributed by atoms with E-state index >= 15 is 0 Å². The van der Waals surface area contributed by atoms with Gasteiger partial charge in [-0.15, -0.1) is 11.3 Å². The highest BCUT2D eigenvalue weighted by Crippen LogP contribution is 2.35. The van der Waals surface area contributed by atoms with Gasteiger partial charge in [0.25, 0.3) is 5.91 Å². The zero-order valence-corrected chi connectivity index (χ0v) is 14.5. The molecule has 0 atom stereocenters. The van der Waals surface area contributed by atoms with Crippen molar-refractivity contribution < 1.29 is 9.90 Å². The summed E-state index contributed by atoms with van der Waals surface area (Å²) < 4.78 is 1.08. The number of aromatic nitrogens is 1. The third-order valence-corrected chi connectivity index (χ3v) is 5.92. The van der Waals surface area contributed by atoms with Crippen LogP contribution in [0.25, 0.3) is 9.53 Å². The van der Waals surface area contributed by atoms with E-state index in [4.69, 9.17) is 0 Å². The van der Waals surface area contributed by atoms with E-state index in [1.54, 1.807) is 25.2 Å². The van der Waals surface area contributed by atoms with E-state index in [2.05, 4.69) is 15.2 Å². The zero-order valence-electron chi connectivity index (χ0n) is 12.9. The molecule has 3 heterocycles. The molecule has 7 heteroatoms. The Labute approximate surface area is 138 Å². The fourth-order valence-corrected chi connectivity index (χ4v) is 4.63. The maximum Gasteiger partial charge on any atom is 0.261 e. The van der Waals surface area contributed by atoms with Crippen LogP contribution < -0.4 is 10.2 Å². The molecule has 0 spiro atoms. The third kappa shape index (κ3) is 3.59. The molecule has 2 aromatic heterocycles. The molecule has 1 fully saturated rings. The van der Waals surface area contributed by atoms with Gasteiger partial charge in [0.2, 0.25) is 0 Å². The highest BCUT2D eigenvalue weighted by Gasteiger charge is 2.19. The largest absolute Gasteiger partial charge is 0.390 e. The lowest BCUT2D eigenvalue weighted by atomic mass is 10.1. The number of hydrogen-bond acceptors (Lipinski definition) is 6. The Kier molecular flexibility index (Phi) is 4.38. The molecule has 2 N–H and O–H groups in total. The van der Waals surface area contributed by atoms with Crippen molar-refractivity contribution in [1.29, 1.82) is 0 Å². The predicted molar refractivity (Wildman–Crippen MR) is 92.2 cm³/mol. The zero-order chi connectivity index (χ0) is 15.7. The fraction of sp³-hybridized carbons (Fsp3) is 0.600. The predicted octanol–water partition coefficient (Wildman–Crippen LogP) is 2.85. The average Bonchev–Trinajstić information content (AvgIpc) is 3.11. The molecule has 1 saturated heterocycles. The first-order valence-electron chi connectivity index (χ1n) is 7.58. The molecule has 120 valence electrons. The maximum atomic E-state index is 12.1. The number of carbonyl (C=O) groups excluding carboxylic acids is 1. The standard InChI is InChI=1S/C15H21N3O2S2/c1-15(2,20)5-6-16-12(19)10-9-11-13(21-10)17-14(22-11)18-7-3-4-8-18/h9,20H,3-8H2,1-2H3,(H,16,19). The van der Waals surface area contributed by atoms with Crippen LogP contribution in [0.4, 0.5) is 5.13 Å². The first-order valence-corrected chi connectivity index (χ1v) is 9.21. The van der Waals surface area contributed by atoms with E-state index in [0.29, 0.717) is 17.8 Å². The number of hydrogen-bond donors (Lipinski definition) is 2. The molecule has 0 aliphatic carbocycles. The molecule has 1 aliphatic rings. The van der Waals surface area contributed by atoms with E-state index in [0.717, 1.165) is 27.8 Å². The lowest BCUT2D eigenvalue weighted by molar-refractivity contribution is 0.0693. The van der Waals surface area contributed by atoms with Crippen LogP contribution in [0.1, 0.15) is 42.8 Å². The van der Waals surface area contributed by atoms with Gasteiger partial charge in [0.1, 0.15) is 4.83 Å². The fourth-order valence-electron chi connectivity index (χ4n) is 2.45. The molecule has 0 bridgehead atoms. The van der Waals surface area contributed by atoms with E-state index < -0.39 is 5.60 Å². The number of fused-ring (bicyclic) bond motifs is 1. The Morgan fingerprint density at radius 2 is 2.14 bits per heavy atom. The second-order valence-electron chi connectivity index (χ2n) is 6.29. The minimum absolute atomic E-state index is 0.0813. The number of rotatable bonds is 5. The van der Waals surface area contributed by atoms with Crippen LogP contribution in [0.2, 0.25) is 0 Å². The number of amides is 1. The minimum Gasteiger partial charge on any atom is -0.390 e. The van der Waals surface area contributed by atoms with E-state index in [-0.39, 0.29) is 5.91 Å². The Morgan fingerprint density at radius 3 is 2.77 bits per heavy atom. The summed E-state index contributed by atoms with van der Waals surface area (Å²) in [5.41, 5.74) is -0.755. The van der Waals surface area contributed by atoms with Crippen molar-refractivity contribution >= 4 is 43.2 Å².